The van der Waals surface area contributed by atoms with Crippen molar-refractivity contribution in [2.24, 2.45) is 5.92 Å². The molecule has 0 saturated heterocycles. The van der Waals surface area contributed by atoms with E-state index in [-0.39, 0.29) is 5.78 Å². The fourth-order valence-electron chi connectivity index (χ4n) is 2.52. The van der Waals surface area contributed by atoms with E-state index >= 15 is 0 Å². The van der Waals surface area contributed by atoms with Crippen LogP contribution in [0.25, 0.3) is 5.57 Å². The molecular formula is C17H20O. The minimum absolute atomic E-state index is 0.130. The Morgan fingerprint density at radius 3 is 2.61 bits per heavy atom. The average Bonchev–Trinajstić information content (AvgIpc) is 2.40. The van der Waals surface area contributed by atoms with E-state index in [0.717, 1.165) is 30.7 Å². The van der Waals surface area contributed by atoms with E-state index < -0.39 is 0 Å². The van der Waals surface area contributed by atoms with Crippen molar-refractivity contribution in [2.75, 3.05) is 0 Å². The highest BCUT2D eigenvalue weighted by Crippen LogP contribution is 2.31. The van der Waals surface area contributed by atoms with Crippen molar-refractivity contribution in [1.29, 1.82) is 0 Å². The van der Waals surface area contributed by atoms with Gasteiger partial charge in [-0.25, -0.2) is 0 Å². The van der Waals surface area contributed by atoms with Crippen molar-refractivity contribution in [2.45, 2.75) is 32.6 Å². The van der Waals surface area contributed by atoms with Gasteiger partial charge in [0.1, 0.15) is 0 Å². The third-order valence-corrected chi connectivity index (χ3v) is 3.68. The summed E-state index contributed by atoms with van der Waals surface area (Å²) in [7, 11) is 0. The molecule has 0 spiro atoms. The first-order valence-electron chi connectivity index (χ1n) is 6.62. The van der Waals surface area contributed by atoms with E-state index in [0.29, 0.717) is 0 Å². The molecule has 1 unspecified atom stereocenters. The van der Waals surface area contributed by atoms with Crippen molar-refractivity contribution in [3.8, 4) is 0 Å². The molecule has 1 aromatic carbocycles. The number of Topliss-reactive ketones (excluding diaryl/α,β-unsaturated/α-hetero) is 1. The number of benzene rings is 1. The van der Waals surface area contributed by atoms with Gasteiger partial charge in [-0.1, -0.05) is 36.4 Å². The fourth-order valence-corrected chi connectivity index (χ4v) is 2.52. The van der Waals surface area contributed by atoms with Crippen molar-refractivity contribution < 1.29 is 4.79 Å². The van der Waals surface area contributed by atoms with Crippen LogP contribution in [0.5, 0.6) is 0 Å². The van der Waals surface area contributed by atoms with Crippen LogP contribution < -0.4 is 0 Å². The molecule has 1 heteroatoms. The smallest absolute Gasteiger partial charge is 0.159 e. The third-order valence-electron chi connectivity index (χ3n) is 3.68. The van der Waals surface area contributed by atoms with Crippen LogP contribution in [0.2, 0.25) is 0 Å². The highest BCUT2D eigenvalue weighted by Gasteiger charge is 2.14. The van der Waals surface area contributed by atoms with Crippen LogP contribution in [0.1, 0.15) is 48.5 Å². The minimum atomic E-state index is 0.130. The maximum Gasteiger partial charge on any atom is 0.159 e. The van der Waals surface area contributed by atoms with Crippen LogP contribution in [0.4, 0.5) is 0 Å². The normalized spacial score (nSPS) is 19.2. The van der Waals surface area contributed by atoms with E-state index in [2.05, 4.69) is 24.8 Å². The quantitative estimate of drug-likeness (QED) is 0.553. The summed E-state index contributed by atoms with van der Waals surface area (Å²) >= 11 is 0. The van der Waals surface area contributed by atoms with Gasteiger partial charge in [-0.05, 0) is 49.7 Å². The van der Waals surface area contributed by atoms with Gasteiger partial charge in [0.05, 0.1) is 0 Å². The number of allylic oxidation sites excluding steroid dienone is 3. The zero-order valence-electron chi connectivity index (χ0n) is 11.0. The number of carbonyl (C=O) groups is 1. The topological polar surface area (TPSA) is 17.1 Å². The Balaban J connectivity index is 2.08. The summed E-state index contributed by atoms with van der Waals surface area (Å²) in [6.07, 6.45) is 9.01. The van der Waals surface area contributed by atoms with Crippen LogP contribution in [0, 0.1) is 5.92 Å². The molecule has 1 aliphatic carbocycles. The van der Waals surface area contributed by atoms with E-state index in [9.17, 15) is 4.79 Å². The number of carbonyl (C=O) groups excluding carboxylic acids is 1. The van der Waals surface area contributed by atoms with Gasteiger partial charge in [-0.2, -0.15) is 0 Å². The Morgan fingerprint density at radius 1 is 1.39 bits per heavy atom. The van der Waals surface area contributed by atoms with Gasteiger partial charge < -0.3 is 0 Å². The van der Waals surface area contributed by atoms with Crippen LogP contribution in [-0.4, -0.2) is 5.78 Å². The second kappa shape index (κ2) is 5.81. The minimum Gasteiger partial charge on any atom is -0.295 e. The van der Waals surface area contributed by atoms with Gasteiger partial charge in [0.2, 0.25) is 0 Å². The summed E-state index contributed by atoms with van der Waals surface area (Å²) in [5.74, 6) is 0.896. The molecule has 0 fully saturated rings. The largest absolute Gasteiger partial charge is 0.295 e. The maximum atomic E-state index is 11.2. The summed E-state index contributed by atoms with van der Waals surface area (Å²) in [5, 5.41) is 0. The Labute approximate surface area is 109 Å². The van der Waals surface area contributed by atoms with E-state index in [1.807, 2.05) is 18.2 Å². The predicted octanol–water partition coefficient (Wildman–Crippen LogP) is 4.65. The van der Waals surface area contributed by atoms with Crippen LogP contribution in [0.15, 0.2) is 43.0 Å². The number of ketones is 1. The SMILES string of the molecule is C=CCC1CC=C(c2ccc(C(C)=O)cc2)CC1. The van der Waals surface area contributed by atoms with Crippen LogP contribution >= 0.6 is 0 Å². The molecule has 1 atom stereocenters. The van der Waals surface area contributed by atoms with E-state index in [1.165, 1.54) is 17.6 Å². The molecule has 18 heavy (non-hydrogen) atoms. The van der Waals surface area contributed by atoms with Crippen molar-refractivity contribution in [3.05, 3.63) is 54.1 Å². The lowest BCUT2D eigenvalue weighted by Gasteiger charge is -2.21. The lowest BCUT2D eigenvalue weighted by Crippen LogP contribution is -2.04. The second-order valence-electron chi connectivity index (χ2n) is 5.03. The number of rotatable bonds is 4. The van der Waals surface area contributed by atoms with E-state index in [1.54, 1.807) is 6.92 Å². The molecule has 0 aliphatic heterocycles. The molecule has 0 bridgehead atoms. The molecule has 0 saturated carbocycles. The van der Waals surface area contributed by atoms with Gasteiger partial charge in [0.15, 0.2) is 5.78 Å². The molecule has 1 aliphatic rings. The summed E-state index contributed by atoms with van der Waals surface area (Å²) in [4.78, 5) is 11.2. The molecule has 2 rings (SSSR count). The van der Waals surface area contributed by atoms with E-state index in [4.69, 9.17) is 0 Å². The fraction of sp³-hybridized carbons (Fsp3) is 0.353. The van der Waals surface area contributed by atoms with Gasteiger partial charge >= 0.3 is 0 Å². The molecular weight excluding hydrogens is 220 g/mol. The molecule has 0 aromatic heterocycles. The standard InChI is InChI=1S/C17H20O/c1-3-4-14-5-7-16(8-6-14)17-11-9-15(10-12-17)13(2)18/h3,7,9-12,14H,1,4-6,8H2,2H3. The molecule has 0 radical (unpaired) electrons. The summed E-state index contributed by atoms with van der Waals surface area (Å²) in [5.41, 5.74) is 3.47. The van der Waals surface area contributed by atoms with Gasteiger partial charge in [-0.3, -0.25) is 4.79 Å². The Hall–Kier alpha value is -1.63. The monoisotopic (exact) mass is 240 g/mol. The molecule has 1 nitrogen and oxygen atoms in total. The average molecular weight is 240 g/mol. The number of hydrogen-bond donors (Lipinski definition) is 0. The molecule has 1 aromatic rings. The molecule has 94 valence electrons. The van der Waals surface area contributed by atoms with Crippen LogP contribution in [-0.2, 0) is 0 Å². The van der Waals surface area contributed by atoms with Crippen molar-refractivity contribution in [1.82, 2.24) is 0 Å². The van der Waals surface area contributed by atoms with Crippen molar-refractivity contribution in [3.63, 3.8) is 0 Å². The lowest BCUT2D eigenvalue weighted by molar-refractivity contribution is 0.101. The first-order valence-corrected chi connectivity index (χ1v) is 6.62. The molecule has 0 amide bonds. The number of hydrogen-bond acceptors (Lipinski definition) is 1. The second-order valence-corrected chi connectivity index (χ2v) is 5.03. The summed E-state index contributed by atoms with van der Waals surface area (Å²) in [6, 6.07) is 7.98. The highest BCUT2D eigenvalue weighted by atomic mass is 16.1. The first kappa shape index (κ1) is 12.8. The van der Waals surface area contributed by atoms with Gasteiger partial charge in [0, 0.05) is 5.56 Å². The Morgan fingerprint density at radius 2 is 2.11 bits per heavy atom. The Kier molecular flexibility index (Phi) is 4.14. The van der Waals surface area contributed by atoms with Gasteiger partial charge in [-0.15, -0.1) is 6.58 Å². The lowest BCUT2D eigenvalue weighted by atomic mass is 9.85. The molecule has 0 N–H and O–H groups in total. The predicted molar refractivity (Wildman–Crippen MR) is 76.6 cm³/mol. The zero-order chi connectivity index (χ0) is 13.0. The maximum absolute atomic E-state index is 11.2. The summed E-state index contributed by atoms with van der Waals surface area (Å²) in [6.45, 7) is 5.41. The third kappa shape index (κ3) is 2.98. The van der Waals surface area contributed by atoms with Crippen LogP contribution in [0.3, 0.4) is 0 Å². The highest BCUT2D eigenvalue weighted by molar-refractivity contribution is 5.94. The zero-order valence-corrected chi connectivity index (χ0v) is 11.0. The Bertz CT molecular complexity index is 465. The van der Waals surface area contributed by atoms with Crippen molar-refractivity contribution >= 4 is 11.4 Å². The first-order chi connectivity index (χ1) is 8.70. The molecule has 0 heterocycles. The van der Waals surface area contributed by atoms with Gasteiger partial charge in [0.25, 0.3) is 0 Å². The summed E-state index contributed by atoms with van der Waals surface area (Å²) < 4.78 is 0.